The maximum Gasteiger partial charge on any atom is 0.255 e. The molecule has 168 valence electrons. The molecule has 1 N–H and O–H groups in total. The van der Waals surface area contributed by atoms with Gasteiger partial charge in [-0.3, -0.25) is 9.59 Å². The van der Waals surface area contributed by atoms with Crippen LogP contribution in [-0.4, -0.2) is 47.6 Å². The van der Waals surface area contributed by atoms with Crippen LogP contribution in [0.15, 0.2) is 42.6 Å². The van der Waals surface area contributed by atoms with Crippen molar-refractivity contribution in [2.45, 2.75) is 26.8 Å². The van der Waals surface area contributed by atoms with Crippen LogP contribution >= 0.6 is 11.6 Å². The number of rotatable bonds is 6. The SMILES string of the molecule is CCN(CC)C(=O)Cn1ccc2cc(NC(=O)c3cc(Cl)c4c(c3)OCCCO4)ccc21. The van der Waals surface area contributed by atoms with E-state index in [2.05, 4.69) is 5.32 Å². The summed E-state index contributed by atoms with van der Waals surface area (Å²) >= 11 is 6.31. The zero-order chi connectivity index (χ0) is 22.7. The average molecular weight is 456 g/mol. The number of likely N-dealkylation sites (N-methyl/N-ethyl adjacent to an activating group) is 1. The minimum atomic E-state index is -0.293. The van der Waals surface area contributed by atoms with E-state index in [1.165, 1.54) is 0 Å². The Hall–Kier alpha value is -3.19. The molecule has 7 nitrogen and oxygen atoms in total. The number of fused-ring (bicyclic) bond motifs is 2. The summed E-state index contributed by atoms with van der Waals surface area (Å²) in [6, 6.07) is 10.8. The molecule has 0 saturated carbocycles. The van der Waals surface area contributed by atoms with Gasteiger partial charge in [0, 0.05) is 47.9 Å². The van der Waals surface area contributed by atoms with Gasteiger partial charge in [-0.1, -0.05) is 11.6 Å². The number of carbonyl (C=O) groups is 2. The summed E-state index contributed by atoms with van der Waals surface area (Å²) in [5.74, 6) is 0.738. The van der Waals surface area contributed by atoms with Crippen molar-refractivity contribution >= 4 is 40.0 Å². The first-order chi connectivity index (χ1) is 15.5. The number of benzene rings is 2. The van der Waals surface area contributed by atoms with Crippen LogP contribution in [0, 0.1) is 0 Å². The largest absolute Gasteiger partial charge is 0.489 e. The maximum absolute atomic E-state index is 12.8. The predicted octanol–water partition coefficient (Wildman–Crippen LogP) is 4.58. The first kappa shape index (κ1) is 22.0. The third-order valence-electron chi connectivity index (χ3n) is 5.51. The highest BCUT2D eigenvalue weighted by atomic mass is 35.5. The first-order valence-electron chi connectivity index (χ1n) is 10.8. The van der Waals surface area contributed by atoms with E-state index in [-0.39, 0.29) is 18.4 Å². The van der Waals surface area contributed by atoms with Crippen molar-refractivity contribution in [1.82, 2.24) is 9.47 Å². The molecule has 2 aromatic carbocycles. The van der Waals surface area contributed by atoms with Gasteiger partial charge in [0.2, 0.25) is 5.91 Å². The number of amides is 2. The van der Waals surface area contributed by atoms with Crippen molar-refractivity contribution < 1.29 is 19.1 Å². The number of nitrogens with one attached hydrogen (secondary N) is 1. The summed E-state index contributed by atoms with van der Waals surface area (Å²) in [5.41, 5.74) is 1.97. The molecule has 1 aliphatic rings. The standard InChI is InChI=1S/C24H26ClN3O4/c1-3-27(4-2)22(29)15-28-9-8-16-12-18(6-7-20(16)28)26-24(30)17-13-19(25)23-21(14-17)31-10-5-11-32-23/h6-9,12-14H,3-5,10-11,15H2,1-2H3,(H,26,30). The Morgan fingerprint density at radius 1 is 1.09 bits per heavy atom. The molecule has 0 saturated heterocycles. The number of nitrogens with zero attached hydrogens (tertiary/aromatic N) is 2. The summed E-state index contributed by atoms with van der Waals surface area (Å²) in [7, 11) is 0. The van der Waals surface area contributed by atoms with E-state index in [1.807, 2.05) is 48.9 Å². The third-order valence-corrected chi connectivity index (χ3v) is 5.80. The number of hydrogen-bond acceptors (Lipinski definition) is 4. The van der Waals surface area contributed by atoms with Gasteiger partial charge in [-0.25, -0.2) is 0 Å². The van der Waals surface area contributed by atoms with E-state index in [4.69, 9.17) is 21.1 Å². The molecule has 0 fully saturated rings. The molecular weight excluding hydrogens is 430 g/mol. The Balaban J connectivity index is 1.51. The smallest absolute Gasteiger partial charge is 0.255 e. The van der Waals surface area contributed by atoms with Crippen LogP contribution in [0.1, 0.15) is 30.6 Å². The van der Waals surface area contributed by atoms with Crippen LogP contribution in [0.2, 0.25) is 5.02 Å². The number of carbonyl (C=O) groups excluding carboxylic acids is 2. The number of anilines is 1. The van der Waals surface area contributed by atoms with E-state index in [0.29, 0.717) is 54.1 Å². The molecule has 3 aromatic rings. The summed E-state index contributed by atoms with van der Waals surface area (Å²) in [6.07, 6.45) is 2.65. The van der Waals surface area contributed by atoms with Gasteiger partial charge in [-0.05, 0) is 50.2 Å². The summed E-state index contributed by atoms with van der Waals surface area (Å²) in [4.78, 5) is 27.1. The molecule has 0 spiro atoms. The molecule has 2 amide bonds. The Labute approximate surface area is 191 Å². The fourth-order valence-electron chi connectivity index (χ4n) is 3.80. The van der Waals surface area contributed by atoms with Crippen LogP contribution in [0.3, 0.4) is 0 Å². The van der Waals surface area contributed by atoms with Gasteiger partial charge in [-0.2, -0.15) is 0 Å². The van der Waals surface area contributed by atoms with Crippen molar-refractivity contribution in [2.24, 2.45) is 0 Å². The number of ether oxygens (including phenoxy) is 2. The highest BCUT2D eigenvalue weighted by Crippen LogP contribution is 2.38. The van der Waals surface area contributed by atoms with Gasteiger partial charge in [0.25, 0.3) is 5.91 Å². The Morgan fingerprint density at radius 3 is 2.66 bits per heavy atom. The Bertz CT molecular complexity index is 1150. The van der Waals surface area contributed by atoms with Crippen molar-refractivity contribution in [3.8, 4) is 11.5 Å². The fraction of sp³-hybridized carbons (Fsp3) is 0.333. The van der Waals surface area contributed by atoms with Gasteiger partial charge in [0.05, 0.1) is 18.2 Å². The van der Waals surface area contributed by atoms with Crippen molar-refractivity contribution in [1.29, 1.82) is 0 Å². The number of aromatic nitrogens is 1. The molecule has 4 rings (SSSR count). The highest BCUT2D eigenvalue weighted by molar-refractivity contribution is 6.32. The van der Waals surface area contributed by atoms with Crippen LogP contribution in [0.4, 0.5) is 5.69 Å². The van der Waals surface area contributed by atoms with Crippen molar-refractivity contribution in [2.75, 3.05) is 31.6 Å². The Kier molecular flexibility index (Phi) is 6.55. The zero-order valence-electron chi connectivity index (χ0n) is 18.2. The predicted molar refractivity (Wildman–Crippen MR) is 125 cm³/mol. The maximum atomic E-state index is 12.8. The monoisotopic (exact) mass is 455 g/mol. The summed E-state index contributed by atoms with van der Waals surface area (Å²) < 4.78 is 13.2. The third kappa shape index (κ3) is 4.53. The molecule has 0 aliphatic carbocycles. The van der Waals surface area contributed by atoms with E-state index in [1.54, 1.807) is 17.0 Å². The zero-order valence-corrected chi connectivity index (χ0v) is 18.9. The van der Waals surface area contributed by atoms with Crippen molar-refractivity contribution in [3.05, 3.63) is 53.2 Å². The fourth-order valence-corrected chi connectivity index (χ4v) is 4.07. The minimum absolute atomic E-state index is 0.0798. The molecule has 8 heteroatoms. The van der Waals surface area contributed by atoms with Gasteiger partial charge in [0.15, 0.2) is 11.5 Å². The van der Waals surface area contributed by atoms with E-state index in [9.17, 15) is 9.59 Å². The lowest BCUT2D eigenvalue weighted by Gasteiger charge is -2.19. The Morgan fingerprint density at radius 2 is 1.88 bits per heavy atom. The van der Waals surface area contributed by atoms with Crippen molar-refractivity contribution in [3.63, 3.8) is 0 Å². The van der Waals surface area contributed by atoms with Gasteiger partial charge < -0.3 is 24.3 Å². The van der Waals surface area contributed by atoms with E-state index >= 15 is 0 Å². The highest BCUT2D eigenvalue weighted by Gasteiger charge is 2.19. The first-order valence-corrected chi connectivity index (χ1v) is 11.1. The second kappa shape index (κ2) is 9.53. The van der Waals surface area contributed by atoms with Crippen LogP contribution in [0.5, 0.6) is 11.5 Å². The topological polar surface area (TPSA) is 72.8 Å². The second-order valence-corrected chi connectivity index (χ2v) is 7.98. The van der Waals surface area contributed by atoms with Gasteiger partial charge in [-0.15, -0.1) is 0 Å². The lowest BCUT2D eigenvalue weighted by atomic mass is 10.1. The molecule has 0 bridgehead atoms. The molecule has 0 atom stereocenters. The van der Waals surface area contributed by atoms with E-state index < -0.39 is 0 Å². The number of halogens is 1. The van der Waals surface area contributed by atoms with Crippen LogP contribution in [-0.2, 0) is 11.3 Å². The average Bonchev–Trinajstić information content (AvgIpc) is 3.01. The molecule has 1 aliphatic heterocycles. The normalized spacial score (nSPS) is 13.0. The number of hydrogen-bond donors (Lipinski definition) is 1. The van der Waals surface area contributed by atoms with Crippen LogP contribution in [0.25, 0.3) is 10.9 Å². The van der Waals surface area contributed by atoms with Gasteiger partial charge in [0.1, 0.15) is 6.54 Å². The minimum Gasteiger partial charge on any atom is -0.489 e. The second-order valence-electron chi connectivity index (χ2n) is 7.57. The summed E-state index contributed by atoms with van der Waals surface area (Å²) in [5, 5.41) is 4.19. The molecule has 0 radical (unpaired) electrons. The van der Waals surface area contributed by atoms with Crippen LogP contribution < -0.4 is 14.8 Å². The molecule has 2 heterocycles. The van der Waals surface area contributed by atoms with E-state index in [0.717, 1.165) is 17.3 Å². The molecular formula is C24H26ClN3O4. The van der Waals surface area contributed by atoms with Gasteiger partial charge >= 0.3 is 0 Å². The lowest BCUT2D eigenvalue weighted by Crippen LogP contribution is -2.33. The lowest BCUT2D eigenvalue weighted by molar-refractivity contribution is -0.131. The molecule has 32 heavy (non-hydrogen) atoms. The quantitative estimate of drug-likeness (QED) is 0.590. The molecule has 1 aromatic heterocycles. The summed E-state index contributed by atoms with van der Waals surface area (Å²) in [6.45, 7) is 6.65. The molecule has 0 unspecified atom stereocenters.